The van der Waals surface area contributed by atoms with Gasteiger partial charge in [-0.25, -0.2) is 0 Å². The maximum Gasteiger partial charge on any atom is 0.139 e. The second-order valence-electron chi connectivity index (χ2n) is 3.14. The molecule has 0 aliphatic rings. The van der Waals surface area contributed by atoms with Crippen LogP contribution in [0.25, 0.3) is 0 Å². The van der Waals surface area contributed by atoms with E-state index in [9.17, 15) is 0 Å². The lowest BCUT2D eigenvalue weighted by atomic mass is 10.3. The first-order valence-corrected chi connectivity index (χ1v) is 5.74. The van der Waals surface area contributed by atoms with Crippen molar-refractivity contribution in [3.63, 3.8) is 0 Å². The summed E-state index contributed by atoms with van der Waals surface area (Å²) in [6.45, 7) is 0.439. The van der Waals surface area contributed by atoms with Crippen molar-refractivity contribution in [1.82, 2.24) is 9.97 Å². The van der Waals surface area contributed by atoms with E-state index >= 15 is 0 Å². The van der Waals surface area contributed by atoms with Gasteiger partial charge in [0.05, 0.1) is 11.2 Å². The molecular formula is C11H8BrClN2O. The highest BCUT2D eigenvalue weighted by molar-refractivity contribution is 9.10. The normalized spacial score (nSPS) is 10.1. The largest absolute Gasteiger partial charge is 0.487 e. The average Bonchev–Trinajstić information content (AvgIpc) is 2.27. The Kier molecular flexibility index (Phi) is 3.74. The van der Waals surface area contributed by atoms with E-state index in [1.807, 2.05) is 6.07 Å². The molecule has 0 unspecified atom stereocenters. The van der Waals surface area contributed by atoms with Gasteiger partial charge < -0.3 is 4.74 Å². The first kappa shape index (κ1) is 11.4. The third-order valence-electron chi connectivity index (χ3n) is 1.85. The van der Waals surface area contributed by atoms with E-state index in [2.05, 4.69) is 25.9 Å². The zero-order valence-electron chi connectivity index (χ0n) is 8.23. The van der Waals surface area contributed by atoms with E-state index in [-0.39, 0.29) is 0 Å². The van der Waals surface area contributed by atoms with Crippen LogP contribution in [0.4, 0.5) is 0 Å². The molecule has 2 aromatic heterocycles. The van der Waals surface area contributed by atoms with Crippen LogP contribution in [0.3, 0.4) is 0 Å². The van der Waals surface area contributed by atoms with Gasteiger partial charge in [0.25, 0.3) is 0 Å². The molecule has 82 valence electrons. The van der Waals surface area contributed by atoms with E-state index < -0.39 is 0 Å². The summed E-state index contributed by atoms with van der Waals surface area (Å²) in [6, 6.07) is 3.67. The first-order valence-electron chi connectivity index (χ1n) is 4.57. The molecule has 0 fully saturated rings. The van der Waals surface area contributed by atoms with E-state index in [4.69, 9.17) is 16.3 Å². The van der Waals surface area contributed by atoms with Crippen LogP contribution < -0.4 is 4.74 Å². The minimum absolute atomic E-state index is 0.439. The summed E-state index contributed by atoms with van der Waals surface area (Å²) in [5, 5.41) is 0.560. The Morgan fingerprint density at radius 1 is 1.12 bits per heavy atom. The molecule has 0 saturated heterocycles. The van der Waals surface area contributed by atoms with Crippen molar-refractivity contribution in [2.24, 2.45) is 0 Å². The van der Waals surface area contributed by atoms with Gasteiger partial charge in [0.2, 0.25) is 0 Å². The van der Waals surface area contributed by atoms with Gasteiger partial charge in [0.15, 0.2) is 0 Å². The van der Waals surface area contributed by atoms with Crippen LogP contribution in [0.15, 0.2) is 41.4 Å². The lowest BCUT2D eigenvalue weighted by Gasteiger charge is -2.05. The van der Waals surface area contributed by atoms with Crippen molar-refractivity contribution in [3.8, 4) is 5.75 Å². The standard InChI is InChI=1S/C11H8BrClN2O/c12-9-1-8(3-14-4-9)7-16-11-2-10(13)5-15-6-11/h1-6H,7H2. The second kappa shape index (κ2) is 5.27. The monoisotopic (exact) mass is 298 g/mol. The molecule has 2 rings (SSSR count). The van der Waals surface area contributed by atoms with Crippen LogP contribution >= 0.6 is 27.5 Å². The lowest BCUT2D eigenvalue weighted by molar-refractivity contribution is 0.304. The Hall–Kier alpha value is -1.13. The van der Waals surface area contributed by atoms with Crippen LogP contribution in [0.2, 0.25) is 5.02 Å². The SMILES string of the molecule is Clc1cncc(OCc2cncc(Br)c2)c1. The van der Waals surface area contributed by atoms with Crippen LogP contribution in [0.1, 0.15) is 5.56 Å². The minimum Gasteiger partial charge on any atom is -0.487 e. The fraction of sp³-hybridized carbons (Fsp3) is 0.0909. The first-order chi connectivity index (χ1) is 7.74. The second-order valence-corrected chi connectivity index (χ2v) is 4.49. The third kappa shape index (κ3) is 3.18. The van der Waals surface area contributed by atoms with Gasteiger partial charge in [-0.3, -0.25) is 9.97 Å². The van der Waals surface area contributed by atoms with E-state index in [1.54, 1.807) is 30.9 Å². The molecule has 0 atom stereocenters. The van der Waals surface area contributed by atoms with Gasteiger partial charge in [-0.2, -0.15) is 0 Å². The number of pyridine rings is 2. The molecule has 3 nitrogen and oxygen atoms in total. The van der Waals surface area contributed by atoms with Gasteiger partial charge >= 0.3 is 0 Å². The Labute approximate surface area is 107 Å². The molecule has 0 N–H and O–H groups in total. The summed E-state index contributed by atoms with van der Waals surface area (Å²) >= 11 is 9.14. The molecule has 0 aromatic carbocycles. The number of halogens is 2. The fourth-order valence-corrected chi connectivity index (χ4v) is 1.75. The zero-order chi connectivity index (χ0) is 11.4. The summed E-state index contributed by atoms with van der Waals surface area (Å²) in [4.78, 5) is 7.98. The summed E-state index contributed by atoms with van der Waals surface area (Å²) < 4.78 is 6.45. The van der Waals surface area contributed by atoms with Crippen molar-refractivity contribution in [2.75, 3.05) is 0 Å². The molecule has 0 aliphatic heterocycles. The quantitative estimate of drug-likeness (QED) is 0.870. The van der Waals surface area contributed by atoms with Crippen LogP contribution in [-0.4, -0.2) is 9.97 Å². The van der Waals surface area contributed by atoms with Crippen molar-refractivity contribution < 1.29 is 4.74 Å². The number of nitrogens with zero attached hydrogens (tertiary/aromatic N) is 2. The summed E-state index contributed by atoms with van der Waals surface area (Å²) in [5.74, 6) is 0.646. The van der Waals surface area contributed by atoms with Crippen molar-refractivity contribution in [2.45, 2.75) is 6.61 Å². The topological polar surface area (TPSA) is 35.0 Å². The van der Waals surface area contributed by atoms with E-state index in [0.717, 1.165) is 10.0 Å². The molecule has 0 spiro atoms. The number of ether oxygens (including phenoxy) is 1. The van der Waals surface area contributed by atoms with Crippen LogP contribution in [0, 0.1) is 0 Å². The zero-order valence-corrected chi connectivity index (χ0v) is 10.6. The predicted octanol–water partition coefficient (Wildman–Crippen LogP) is 3.47. The summed E-state index contributed by atoms with van der Waals surface area (Å²) in [5.41, 5.74) is 0.981. The Balaban J connectivity index is 2.02. The molecule has 2 aromatic rings. The van der Waals surface area contributed by atoms with Crippen molar-refractivity contribution in [3.05, 3.63) is 52.0 Å². The molecule has 2 heterocycles. The van der Waals surface area contributed by atoms with E-state index in [1.165, 1.54) is 0 Å². The molecule has 5 heteroatoms. The third-order valence-corrected chi connectivity index (χ3v) is 2.49. The van der Waals surface area contributed by atoms with Gasteiger partial charge in [0.1, 0.15) is 12.4 Å². The maximum absolute atomic E-state index is 5.79. The van der Waals surface area contributed by atoms with Crippen molar-refractivity contribution in [1.29, 1.82) is 0 Å². The highest BCUT2D eigenvalue weighted by Gasteiger charge is 1.98. The molecule has 0 amide bonds. The smallest absolute Gasteiger partial charge is 0.139 e. The molecule has 0 aliphatic carbocycles. The van der Waals surface area contributed by atoms with Gasteiger partial charge in [0, 0.05) is 34.7 Å². The molecule has 16 heavy (non-hydrogen) atoms. The number of hydrogen-bond acceptors (Lipinski definition) is 3. The molecule has 0 saturated carbocycles. The molecular weight excluding hydrogens is 291 g/mol. The van der Waals surface area contributed by atoms with Crippen molar-refractivity contribution >= 4 is 27.5 Å². The molecule has 0 bridgehead atoms. The number of hydrogen-bond donors (Lipinski definition) is 0. The summed E-state index contributed by atoms with van der Waals surface area (Å²) in [7, 11) is 0. The van der Waals surface area contributed by atoms with Crippen LogP contribution in [-0.2, 0) is 6.61 Å². The highest BCUT2D eigenvalue weighted by atomic mass is 79.9. The maximum atomic E-state index is 5.79. The Morgan fingerprint density at radius 3 is 2.69 bits per heavy atom. The number of aromatic nitrogens is 2. The average molecular weight is 300 g/mol. The van der Waals surface area contributed by atoms with E-state index in [0.29, 0.717) is 17.4 Å². The lowest BCUT2D eigenvalue weighted by Crippen LogP contribution is -1.96. The Morgan fingerprint density at radius 2 is 1.94 bits per heavy atom. The minimum atomic E-state index is 0.439. The van der Waals surface area contributed by atoms with Crippen LogP contribution in [0.5, 0.6) is 5.75 Å². The fourth-order valence-electron chi connectivity index (χ4n) is 1.17. The summed E-state index contributed by atoms with van der Waals surface area (Å²) in [6.07, 6.45) is 6.67. The predicted molar refractivity (Wildman–Crippen MR) is 65.5 cm³/mol. The molecule has 0 radical (unpaired) electrons. The number of rotatable bonds is 3. The highest BCUT2D eigenvalue weighted by Crippen LogP contribution is 2.17. The Bertz CT molecular complexity index is 447. The van der Waals surface area contributed by atoms with Gasteiger partial charge in [-0.15, -0.1) is 0 Å². The van der Waals surface area contributed by atoms with Gasteiger partial charge in [-0.1, -0.05) is 11.6 Å². The van der Waals surface area contributed by atoms with Gasteiger partial charge in [-0.05, 0) is 22.0 Å².